The van der Waals surface area contributed by atoms with E-state index >= 15 is 0 Å². The quantitative estimate of drug-likeness (QED) is 0.569. The molecule has 2 aliphatic heterocycles. The molecule has 1 spiro atoms. The lowest BCUT2D eigenvalue weighted by Crippen LogP contribution is -2.53. The minimum absolute atomic E-state index is 0.00149. The molecule has 0 saturated carbocycles. The molecule has 0 aromatic heterocycles. The molecule has 2 aliphatic rings. The summed E-state index contributed by atoms with van der Waals surface area (Å²) >= 11 is 0. The van der Waals surface area contributed by atoms with E-state index < -0.39 is 11.5 Å². The highest BCUT2D eigenvalue weighted by molar-refractivity contribution is 5.90. The first-order chi connectivity index (χ1) is 19.3. The third-order valence-electron chi connectivity index (χ3n) is 8.02. The van der Waals surface area contributed by atoms with E-state index in [2.05, 4.69) is 33.7 Å². The van der Waals surface area contributed by atoms with Crippen molar-refractivity contribution in [1.82, 2.24) is 15.5 Å². The molecule has 2 aromatic carbocycles. The Balaban J connectivity index is 1.44. The highest BCUT2D eigenvalue weighted by Crippen LogP contribution is 2.38. The highest BCUT2D eigenvalue weighted by atomic mass is 16.5. The van der Waals surface area contributed by atoms with E-state index in [-0.39, 0.29) is 17.9 Å². The van der Waals surface area contributed by atoms with Crippen molar-refractivity contribution < 1.29 is 23.8 Å². The Hall–Kier alpha value is -3.26. The van der Waals surface area contributed by atoms with Crippen molar-refractivity contribution in [2.45, 2.75) is 78.0 Å². The van der Waals surface area contributed by atoms with Crippen LogP contribution in [-0.2, 0) is 22.6 Å². The minimum atomic E-state index is -0.599. The number of hydrogen-bond donors (Lipinski definition) is 2. The van der Waals surface area contributed by atoms with Crippen LogP contribution in [0, 0.1) is 5.41 Å². The lowest BCUT2D eigenvalue weighted by Gasteiger charge is -2.41. The van der Waals surface area contributed by atoms with E-state index in [1.807, 2.05) is 38.1 Å². The van der Waals surface area contributed by atoms with Gasteiger partial charge in [-0.05, 0) is 95.3 Å². The summed E-state index contributed by atoms with van der Waals surface area (Å²) in [4.78, 5) is 28.8. The average molecular weight is 552 g/mol. The van der Waals surface area contributed by atoms with Crippen LogP contribution in [-0.4, -0.2) is 62.2 Å². The second-order valence-corrected chi connectivity index (χ2v) is 11.4. The van der Waals surface area contributed by atoms with Crippen molar-refractivity contribution in [3.63, 3.8) is 0 Å². The lowest BCUT2D eigenvalue weighted by molar-refractivity contribution is -0.138. The van der Waals surface area contributed by atoms with Crippen molar-refractivity contribution in [2.24, 2.45) is 5.41 Å². The predicted molar refractivity (Wildman–Crippen MR) is 156 cm³/mol. The molecule has 8 heteroatoms. The van der Waals surface area contributed by atoms with Crippen LogP contribution in [0.3, 0.4) is 0 Å². The van der Waals surface area contributed by atoms with E-state index in [1.54, 1.807) is 14.0 Å². The fraction of sp³-hybridized carbons (Fsp3) is 0.562. The molecular formula is C32H45N3O5. The first kappa shape index (κ1) is 29.7. The van der Waals surface area contributed by atoms with Gasteiger partial charge in [0.15, 0.2) is 11.5 Å². The van der Waals surface area contributed by atoms with Gasteiger partial charge in [-0.25, -0.2) is 0 Å². The van der Waals surface area contributed by atoms with Crippen molar-refractivity contribution in [3.8, 4) is 17.2 Å². The number of likely N-dealkylation sites (tertiary alicyclic amines) is 1. The fourth-order valence-corrected chi connectivity index (χ4v) is 5.69. The molecule has 2 aromatic rings. The number of piperidine rings is 1. The SMILES string of the molecule is COc1ccc(CN2CCC3(CCCCc4ccccc4OCCNC(=O)[C@H](C)NC3=O)CC2)cc1OC(C)C. The van der Waals surface area contributed by atoms with Crippen LogP contribution < -0.4 is 24.8 Å². The van der Waals surface area contributed by atoms with Gasteiger partial charge in [-0.1, -0.05) is 30.7 Å². The monoisotopic (exact) mass is 551 g/mol. The van der Waals surface area contributed by atoms with E-state index in [0.29, 0.717) is 13.2 Å². The topological polar surface area (TPSA) is 89.1 Å². The van der Waals surface area contributed by atoms with Gasteiger partial charge in [-0.3, -0.25) is 14.5 Å². The van der Waals surface area contributed by atoms with Gasteiger partial charge in [-0.2, -0.15) is 0 Å². The van der Waals surface area contributed by atoms with Crippen LogP contribution in [0.5, 0.6) is 17.2 Å². The van der Waals surface area contributed by atoms with E-state index in [1.165, 1.54) is 5.56 Å². The first-order valence-electron chi connectivity index (χ1n) is 14.6. The maximum Gasteiger partial charge on any atom is 0.242 e. The summed E-state index contributed by atoms with van der Waals surface area (Å²) in [7, 11) is 1.65. The van der Waals surface area contributed by atoms with Gasteiger partial charge in [0, 0.05) is 6.54 Å². The van der Waals surface area contributed by atoms with Gasteiger partial charge >= 0.3 is 0 Å². The molecule has 0 aliphatic carbocycles. The number of hydrogen-bond acceptors (Lipinski definition) is 6. The molecule has 4 rings (SSSR count). The number of fused-ring (bicyclic) bond motifs is 1. The summed E-state index contributed by atoms with van der Waals surface area (Å²) in [5.74, 6) is 2.17. The predicted octanol–water partition coefficient (Wildman–Crippen LogP) is 4.49. The summed E-state index contributed by atoms with van der Waals surface area (Å²) in [5.41, 5.74) is 1.85. The van der Waals surface area contributed by atoms with Crippen molar-refractivity contribution in [1.29, 1.82) is 0 Å². The number of aryl methyl sites for hydroxylation is 1. The zero-order chi connectivity index (χ0) is 28.5. The van der Waals surface area contributed by atoms with Gasteiger partial charge in [-0.15, -0.1) is 0 Å². The molecule has 1 atom stereocenters. The molecular weight excluding hydrogens is 506 g/mol. The van der Waals surface area contributed by atoms with Crippen LogP contribution in [0.25, 0.3) is 0 Å². The lowest BCUT2D eigenvalue weighted by atomic mass is 9.73. The smallest absolute Gasteiger partial charge is 0.242 e. The highest BCUT2D eigenvalue weighted by Gasteiger charge is 2.41. The molecule has 0 radical (unpaired) electrons. The maximum absolute atomic E-state index is 13.7. The number of nitrogens with zero attached hydrogens (tertiary/aromatic N) is 1. The van der Waals surface area contributed by atoms with Crippen LogP contribution in [0.1, 0.15) is 64.0 Å². The van der Waals surface area contributed by atoms with Gasteiger partial charge in [0.1, 0.15) is 18.4 Å². The van der Waals surface area contributed by atoms with Crippen LogP contribution in [0.2, 0.25) is 0 Å². The third-order valence-corrected chi connectivity index (χ3v) is 8.02. The van der Waals surface area contributed by atoms with Crippen LogP contribution >= 0.6 is 0 Å². The second kappa shape index (κ2) is 13.9. The van der Waals surface area contributed by atoms with Crippen molar-refractivity contribution >= 4 is 11.8 Å². The number of nitrogens with one attached hydrogen (secondary N) is 2. The van der Waals surface area contributed by atoms with Crippen molar-refractivity contribution in [3.05, 3.63) is 53.6 Å². The molecule has 1 fully saturated rings. The molecule has 0 unspecified atom stereocenters. The summed E-state index contributed by atoms with van der Waals surface area (Å²) in [5, 5.41) is 5.94. The molecule has 218 valence electrons. The van der Waals surface area contributed by atoms with E-state index in [0.717, 1.165) is 81.0 Å². The number of carbonyl (C=O) groups is 2. The van der Waals surface area contributed by atoms with E-state index in [4.69, 9.17) is 14.2 Å². The summed E-state index contributed by atoms with van der Waals surface area (Å²) in [6, 6.07) is 13.6. The minimum Gasteiger partial charge on any atom is -0.493 e. The van der Waals surface area contributed by atoms with Gasteiger partial charge in [0.25, 0.3) is 0 Å². The molecule has 40 heavy (non-hydrogen) atoms. The van der Waals surface area contributed by atoms with Gasteiger partial charge < -0.3 is 24.8 Å². The zero-order valence-electron chi connectivity index (χ0n) is 24.5. The standard InChI is InChI=1S/C32H45N3O5/c1-23(2)40-29-21-25(12-13-28(29)38-4)22-35-18-15-32(16-19-35)14-8-7-10-26-9-5-6-11-27(26)39-20-17-33-30(36)24(3)34-31(32)37/h5-6,9,11-13,21,23-24H,7-8,10,14-20,22H2,1-4H3,(H,33,36)(H,34,37)/t24-/m0/s1. The number of amides is 2. The molecule has 1 saturated heterocycles. The average Bonchev–Trinajstić information content (AvgIpc) is 2.94. The van der Waals surface area contributed by atoms with E-state index in [9.17, 15) is 9.59 Å². The molecule has 2 N–H and O–H groups in total. The van der Waals surface area contributed by atoms with Crippen molar-refractivity contribution in [2.75, 3.05) is 33.4 Å². The summed E-state index contributed by atoms with van der Waals surface area (Å²) in [6.45, 7) is 8.97. The van der Waals surface area contributed by atoms with Gasteiger partial charge in [0.05, 0.1) is 25.2 Å². The van der Waals surface area contributed by atoms with Gasteiger partial charge in [0.2, 0.25) is 11.8 Å². The Morgan fingerprint density at radius 3 is 2.58 bits per heavy atom. The second-order valence-electron chi connectivity index (χ2n) is 11.4. The zero-order valence-corrected chi connectivity index (χ0v) is 24.5. The van der Waals surface area contributed by atoms with Crippen LogP contribution in [0.4, 0.5) is 0 Å². The largest absolute Gasteiger partial charge is 0.493 e. The Morgan fingerprint density at radius 1 is 1.05 bits per heavy atom. The Kier molecular flexibility index (Phi) is 10.3. The molecule has 2 amide bonds. The Bertz CT molecular complexity index is 1140. The normalized spacial score (nSPS) is 20.9. The molecule has 8 nitrogen and oxygen atoms in total. The number of methoxy groups -OCH3 is 1. The molecule has 0 bridgehead atoms. The Labute approximate surface area is 238 Å². The maximum atomic E-state index is 13.7. The number of ether oxygens (including phenoxy) is 3. The summed E-state index contributed by atoms with van der Waals surface area (Å²) < 4.78 is 17.4. The summed E-state index contributed by atoms with van der Waals surface area (Å²) in [6.07, 6.45) is 5.21. The molecule has 2 heterocycles. The fourth-order valence-electron chi connectivity index (χ4n) is 5.69. The number of rotatable bonds is 5. The number of benzene rings is 2. The first-order valence-corrected chi connectivity index (χ1v) is 14.6. The number of para-hydroxylation sites is 1. The third kappa shape index (κ3) is 7.68. The Morgan fingerprint density at radius 2 is 1.82 bits per heavy atom. The number of carbonyl (C=O) groups excluding carboxylic acids is 2. The van der Waals surface area contributed by atoms with Crippen LogP contribution in [0.15, 0.2) is 42.5 Å².